The molecule has 0 spiro atoms. The zero-order chi connectivity index (χ0) is 16.9. The standard InChI is InChI=1S/C19H15ClN2O2/c20-15-9-6-13(7-10-15)8-11-17-16(12-23)18(22-19(24)21-17)14-4-2-1-3-5-14/h1-12,18H,(H2,21,22,24)/b11-8+. The number of carbonyl (C=O) groups excluding carboxylic acids is 2. The fraction of sp³-hybridized carbons (Fsp3) is 0.0526. The molecule has 1 aliphatic rings. The molecule has 4 nitrogen and oxygen atoms in total. The van der Waals surface area contributed by atoms with Crippen molar-refractivity contribution in [1.29, 1.82) is 0 Å². The molecule has 3 rings (SSSR count). The Morgan fingerprint density at radius 3 is 2.33 bits per heavy atom. The topological polar surface area (TPSA) is 58.2 Å². The summed E-state index contributed by atoms with van der Waals surface area (Å²) in [5, 5.41) is 6.12. The molecule has 0 saturated carbocycles. The Morgan fingerprint density at radius 2 is 1.67 bits per heavy atom. The largest absolute Gasteiger partial charge is 0.327 e. The highest BCUT2D eigenvalue weighted by Gasteiger charge is 2.26. The molecule has 1 heterocycles. The highest BCUT2D eigenvalue weighted by molar-refractivity contribution is 6.30. The average molecular weight is 339 g/mol. The maximum atomic E-state index is 12.0. The van der Waals surface area contributed by atoms with Crippen LogP contribution in [0, 0.1) is 0 Å². The van der Waals surface area contributed by atoms with Gasteiger partial charge in [-0.15, -0.1) is 0 Å². The fourth-order valence-corrected chi connectivity index (χ4v) is 2.65. The van der Waals surface area contributed by atoms with E-state index in [9.17, 15) is 9.59 Å². The van der Waals surface area contributed by atoms with Crippen molar-refractivity contribution in [2.24, 2.45) is 0 Å². The second kappa shape index (κ2) is 7.15. The van der Waals surface area contributed by atoms with E-state index in [0.29, 0.717) is 16.3 Å². The summed E-state index contributed by atoms with van der Waals surface area (Å²) in [4.78, 5) is 23.6. The Bertz CT molecular complexity index is 811. The summed E-state index contributed by atoms with van der Waals surface area (Å²) >= 11 is 5.87. The summed E-state index contributed by atoms with van der Waals surface area (Å²) in [7, 11) is 0. The minimum Gasteiger partial charge on any atom is -0.327 e. The van der Waals surface area contributed by atoms with Gasteiger partial charge in [0.25, 0.3) is 0 Å². The van der Waals surface area contributed by atoms with Gasteiger partial charge in [0, 0.05) is 10.6 Å². The van der Waals surface area contributed by atoms with Crippen LogP contribution in [-0.2, 0) is 4.79 Å². The lowest BCUT2D eigenvalue weighted by molar-refractivity contribution is -0.105. The lowest BCUT2D eigenvalue weighted by atomic mass is 9.96. The van der Waals surface area contributed by atoms with Crippen molar-refractivity contribution in [3.8, 4) is 0 Å². The van der Waals surface area contributed by atoms with Gasteiger partial charge in [0.15, 0.2) is 6.29 Å². The summed E-state index contributed by atoms with van der Waals surface area (Å²) in [6, 6.07) is 15.8. The van der Waals surface area contributed by atoms with Crippen molar-refractivity contribution in [1.82, 2.24) is 10.6 Å². The van der Waals surface area contributed by atoms with E-state index in [4.69, 9.17) is 11.6 Å². The maximum absolute atomic E-state index is 12.0. The average Bonchev–Trinajstić information content (AvgIpc) is 2.61. The lowest BCUT2D eigenvalue weighted by Gasteiger charge is -2.26. The molecular weight excluding hydrogens is 324 g/mol. The van der Waals surface area contributed by atoms with Gasteiger partial charge in [-0.2, -0.15) is 0 Å². The van der Waals surface area contributed by atoms with Crippen molar-refractivity contribution >= 4 is 30.0 Å². The Morgan fingerprint density at radius 1 is 0.958 bits per heavy atom. The Balaban J connectivity index is 1.96. The Hall–Kier alpha value is -2.85. The number of halogens is 1. The minimum atomic E-state index is -0.470. The summed E-state index contributed by atoms with van der Waals surface area (Å²) in [5.74, 6) is 0. The monoisotopic (exact) mass is 338 g/mol. The third-order valence-corrected chi connectivity index (χ3v) is 3.97. The minimum absolute atomic E-state index is 0.342. The van der Waals surface area contributed by atoms with Crippen LogP contribution in [0.3, 0.4) is 0 Å². The smallest absolute Gasteiger partial charge is 0.320 e. The number of benzene rings is 2. The van der Waals surface area contributed by atoms with Gasteiger partial charge >= 0.3 is 6.03 Å². The third kappa shape index (κ3) is 3.55. The van der Waals surface area contributed by atoms with Gasteiger partial charge in [-0.3, -0.25) is 4.79 Å². The van der Waals surface area contributed by atoms with Crippen LogP contribution in [-0.4, -0.2) is 12.3 Å². The molecule has 0 radical (unpaired) electrons. The first kappa shape index (κ1) is 16.0. The molecule has 120 valence electrons. The molecule has 0 aromatic heterocycles. The van der Waals surface area contributed by atoms with E-state index < -0.39 is 6.04 Å². The van der Waals surface area contributed by atoms with E-state index in [1.54, 1.807) is 18.2 Å². The van der Waals surface area contributed by atoms with Gasteiger partial charge in [-0.05, 0) is 29.3 Å². The highest BCUT2D eigenvalue weighted by atomic mass is 35.5. The second-order valence-electron chi connectivity index (χ2n) is 5.31. The van der Waals surface area contributed by atoms with Crippen molar-refractivity contribution in [3.05, 3.63) is 88.1 Å². The summed E-state index contributed by atoms with van der Waals surface area (Å²) in [6.07, 6.45) is 4.32. The Kier molecular flexibility index (Phi) is 4.77. The van der Waals surface area contributed by atoms with Crippen molar-refractivity contribution in [3.63, 3.8) is 0 Å². The molecular formula is C19H15ClN2O2. The van der Waals surface area contributed by atoms with Crippen molar-refractivity contribution in [2.45, 2.75) is 6.04 Å². The van der Waals surface area contributed by atoms with Gasteiger partial charge in [-0.1, -0.05) is 60.1 Å². The van der Waals surface area contributed by atoms with E-state index in [0.717, 1.165) is 17.4 Å². The number of nitrogens with one attached hydrogen (secondary N) is 2. The van der Waals surface area contributed by atoms with Crippen LogP contribution in [0.15, 0.2) is 71.9 Å². The molecule has 2 N–H and O–H groups in total. The highest BCUT2D eigenvalue weighted by Crippen LogP contribution is 2.25. The molecule has 2 aromatic carbocycles. The normalized spacial score (nSPS) is 17.5. The number of rotatable bonds is 4. The van der Waals surface area contributed by atoms with Crippen molar-refractivity contribution < 1.29 is 9.59 Å². The van der Waals surface area contributed by atoms with Gasteiger partial charge in [0.2, 0.25) is 0 Å². The number of amides is 2. The molecule has 0 fully saturated rings. The first-order valence-corrected chi connectivity index (χ1v) is 7.80. The zero-order valence-corrected chi connectivity index (χ0v) is 13.5. The summed E-state index contributed by atoms with van der Waals surface area (Å²) in [5.41, 5.74) is 2.73. The molecule has 2 aromatic rings. The SMILES string of the molecule is O=CC1=C(/C=C/c2ccc(Cl)cc2)NC(=O)NC1c1ccccc1. The molecule has 5 heteroatoms. The van der Waals surface area contributed by atoms with Crippen LogP contribution in [0.5, 0.6) is 0 Å². The van der Waals surface area contributed by atoms with E-state index in [1.807, 2.05) is 48.5 Å². The van der Waals surface area contributed by atoms with Gasteiger partial charge < -0.3 is 10.6 Å². The van der Waals surface area contributed by atoms with E-state index in [-0.39, 0.29) is 6.03 Å². The Labute approximate surface area is 144 Å². The maximum Gasteiger partial charge on any atom is 0.320 e. The van der Waals surface area contributed by atoms with Crippen LogP contribution < -0.4 is 10.6 Å². The van der Waals surface area contributed by atoms with Crippen LogP contribution in [0.2, 0.25) is 5.02 Å². The third-order valence-electron chi connectivity index (χ3n) is 3.72. The predicted octanol–water partition coefficient (Wildman–Crippen LogP) is 3.86. The quantitative estimate of drug-likeness (QED) is 0.832. The lowest BCUT2D eigenvalue weighted by Crippen LogP contribution is -2.44. The van der Waals surface area contributed by atoms with Gasteiger partial charge in [0.1, 0.15) is 0 Å². The molecule has 24 heavy (non-hydrogen) atoms. The number of hydrogen-bond donors (Lipinski definition) is 2. The van der Waals surface area contributed by atoms with Crippen LogP contribution in [0.25, 0.3) is 6.08 Å². The van der Waals surface area contributed by atoms with Crippen LogP contribution in [0.4, 0.5) is 4.79 Å². The van der Waals surface area contributed by atoms with E-state index in [1.165, 1.54) is 0 Å². The van der Waals surface area contributed by atoms with Crippen LogP contribution >= 0.6 is 11.6 Å². The van der Waals surface area contributed by atoms with E-state index >= 15 is 0 Å². The molecule has 0 bridgehead atoms. The summed E-state index contributed by atoms with van der Waals surface area (Å²) < 4.78 is 0. The molecule has 0 aliphatic carbocycles. The molecule has 0 saturated heterocycles. The molecule has 1 atom stereocenters. The van der Waals surface area contributed by atoms with Crippen LogP contribution in [0.1, 0.15) is 17.2 Å². The first-order valence-electron chi connectivity index (χ1n) is 7.43. The second-order valence-corrected chi connectivity index (χ2v) is 5.75. The first-order chi connectivity index (χ1) is 11.7. The van der Waals surface area contributed by atoms with Gasteiger partial charge in [-0.25, -0.2) is 4.79 Å². The number of carbonyl (C=O) groups is 2. The van der Waals surface area contributed by atoms with Crippen molar-refractivity contribution in [2.75, 3.05) is 0 Å². The zero-order valence-electron chi connectivity index (χ0n) is 12.7. The summed E-state index contributed by atoms with van der Waals surface area (Å²) in [6.45, 7) is 0. The fourth-order valence-electron chi connectivity index (χ4n) is 2.53. The number of aldehydes is 1. The molecule has 1 unspecified atom stereocenters. The number of urea groups is 1. The molecule has 2 amide bonds. The number of hydrogen-bond acceptors (Lipinski definition) is 2. The number of allylic oxidation sites excluding steroid dienone is 1. The molecule has 1 aliphatic heterocycles. The predicted molar refractivity (Wildman–Crippen MR) is 94.4 cm³/mol. The van der Waals surface area contributed by atoms with E-state index in [2.05, 4.69) is 10.6 Å². The van der Waals surface area contributed by atoms with Gasteiger partial charge in [0.05, 0.1) is 11.7 Å².